The van der Waals surface area contributed by atoms with Crippen LogP contribution in [-0.4, -0.2) is 59.4 Å². The Bertz CT molecular complexity index is 1030. The lowest BCUT2D eigenvalue weighted by Crippen LogP contribution is -2.34. The highest BCUT2D eigenvalue weighted by molar-refractivity contribution is 5.76. The number of aryl methyl sites for hydroxylation is 2. The van der Waals surface area contributed by atoms with Gasteiger partial charge in [0.25, 0.3) is 0 Å². The predicted octanol–water partition coefficient (Wildman–Crippen LogP) is 4.74. The predicted molar refractivity (Wildman–Crippen MR) is 137 cm³/mol. The Balaban J connectivity index is 1.27. The molecule has 0 saturated carbocycles. The number of carboxylic acid groups (broad SMARTS) is 1. The Morgan fingerprint density at radius 3 is 2.94 bits per heavy atom. The standard InChI is InChI=1S/C28H38FN3O4/c1-19(2)36-18-24-23(9-5-10-25(24)29)26(28(33)34)32-15-13-22(17-32)35-16-4-3-8-21-12-11-20-7-6-14-30-27(20)31-21/h5,9-12,19,22,26H,3-4,6-8,13-18H2,1-2H3,(H,30,31)(H,33,34). The van der Waals surface area contributed by atoms with Crippen LogP contribution in [0.4, 0.5) is 10.2 Å². The monoisotopic (exact) mass is 499 g/mol. The maximum atomic E-state index is 14.6. The zero-order chi connectivity index (χ0) is 25.5. The molecule has 2 N–H and O–H groups in total. The minimum Gasteiger partial charge on any atom is -0.480 e. The van der Waals surface area contributed by atoms with Gasteiger partial charge in [-0.25, -0.2) is 9.37 Å². The molecule has 2 unspecified atom stereocenters. The Hall–Kier alpha value is -2.55. The van der Waals surface area contributed by atoms with Gasteiger partial charge in [-0.15, -0.1) is 0 Å². The zero-order valence-corrected chi connectivity index (χ0v) is 21.3. The fourth-order valence-electron chi connectivity index (χ4n) is 5.01. The summed E-state index contributed by atoms with van der Waals surface area (Å²) in [6, 6.07) is 8.00. The van der Waals surface area contributed by atoms with Crippen LogP contribution < -0.4 is 5.32 Å². The van der Waals surface area contributed by atoms with E-state index in [2.05, 4.69) is 17.4 Å². The summed E-state index contributed by atoms with van der Waals surface area (Å²) in [5.41, 5.74) is 3.17. The first-order valence-corrected chi connectivity index (χ1v) is 13.1. The fraction of sp³-hybridized carbons (Fsp3) is 0.571. The lowest BCUT2D eigenvalue weighted by molar-refractivity contribution is -0.143. The fourth-order valence-corrected chi connectivity index (χ4v) is 5.01. The number of hydrogen-bond donors (Lipinski definition) is 2. The Morgan fingerprint density at radius 2 is 2.14 bits per heavy atom. The van der Waals surface area contributed by atoms with Crippen molar-refractivity contribution >= 4 is 11.8 Å². The number of fused-ring (bicyclic) bond motifs is 1. The number of likely N-dealkylation sites (tertiary alicyclic amines) is 1. The molecule has 2 atom stereocenters. The molecule has 0 bridgehead atoms. The van der Waals surface area contributed by atoms with Gasteiger partial charge in [0.15, 0.2) is 0 Å². The van der Waals surface area contributed by atoms with Crippen molar-refractivity contribution in [3.63, 3.8) is 0 Å². The average molecular weight is 500 g/mol. The van der Waals surface area contributed by atoms with Crippen LogP contribution in [0, 0.1) is 5.82 Å². The number of carboxylic acids is 1. The number of carbonyl (C=O) groups is 1. The Labute approximate surface area is 213 Å². The number of benzene rings is 1. The van der Waals surface area contributed by atoms with E-state index in [1.165, 1.54) is 11.6 Å². The van der Waals surface area contributed by atoms with Gasteiger partial charge in [-0.1, -0.05) is 18.2 Å². The second-order valence-electron chi connectivity index (χ2n) is 9.98. The molecule has 7 nitrogen and oxygen atoms in total. The molecule has 3 heterocycles. The number of pyridine rings is 1. The normalized spacial score (nSPS) is 18.7. The SMILES string of the molecule is CC(C)OCc1c(F)cccc1C(C(=O)O)N1CCC(OCCCCc2ccc3c(n2)NCCC3)C1. The first kappa shape index (κ1) is 26.5. The summed E-state index contributed by atoms with van der Waals surface area (Å²) in [4.78, 5) is 18.9. The zero-order valence-electron chi connectivity index (χ0n) is 21.3. The van der Waals surface area contributed by atoms with Crippen LogP contribution in [0.2, 0.25) is 0 Å². The number of aromatic nitrogens is 1. The third kappa shape index (κ3) is 6.81. The lowest BCUT2D eigenvalue weighted by Gasteiger charge is -2.27. The van der Waals surface area contributed by atoms with Crippen molar-refractivity contribution in [2.24, 2.45) is 0 Å². The maximum absolute atomic E-state index is 14.6. The summed E-state index contributed by atoms with van der Waals surface area (Å²) in [7, 11) is 0. The van der Waals surface area contributed by atoms with Crippen molar-refractivity contribution in [3.05, 3.63) is 58.5 Å². The number of anilines is 1. The molecule has 1 saturated heterocycles. The van der Waals surface area contributed by atoms with Gasteiger partial charge in [-0.2, -0.15) is 0 Å². The van der Waals surface area contributed by atoms with Crippen LogP contribution in [0.15, 0.2) is 30.3 Å². The minimum absolute atomic E-state index is 0.0261. The van der Waals surface area contributed by atoms with Crippen LogP contribution in [0.1, 0.15) is 68.0 Å². The summed E-state index contributed by atoms with van der Waals surface area (Å²) < 4.78 is 26.3. The number of nitrogens with zero attached hydrogens (tertiary/aromatic N) is 2. The van der Waals surface area contributed by atoms with E-state index in [0.29, 0.717) is 30.8 Å². The molecule has 36 heavy (non-hydrogen) atoms. The van der Waals surface area contributed by atoms with Gasteiger partial charge in [0.2, 0.25) is 0 Å². The van der Waals surface area contributed by atoms with Crippen LogP contribution in [0.5, 0.6) is 0 Å². The van der Waals surface area contributed by atoms with E-state index in [4.69, 9.17) is 14.5 Å². The first-order chi connectivity index (χ1) is 17.4. The van der Waals surface area contributed by atoms with Crippen molar-refractivity contribution in [1.29, 1.82) is 0 Å². The third-order valence-electron chi connectivity index (χ3n) is 6.92. The highest BCUT2D eigenvalue weighted by Crippen LogP contribution is 2.31. The molecule has 2 aliphatic heterocycles. The number of aliphatic carboxylic acids is 1. The second kappa shape index (κ2) is 12.6. The highest BCUT2D eigenvalue weighted by Gasteiger charge is 2.35. The molecule has 0 radical (unpaired) electrons. The Morgan fingerprint density at radius 1 is 1.28 bits per heavy atom. The molecular formula is C28H38FN3O4. The number of unbranched alkanes of at least 4 members (excludes halogenated alkanes) is 1. The molecular weight excluding hydrogens is 461 g/mol. The molecule has 0 spiro atoms. The van der Waals surface area contributed by atoms with E-state index >= 15 is 0 Å². The van der Waals surface area contributed by atoms with Crippen LogP contribution in [0.3, 0.4) is 0 Å². The molecule has 196 valence electrons. The van der Waals surface area contributed by atoms with E-state index < -0.39 is 17.8 Å². The molecule has 0 aliphatic carbocycles. The number of rotatable bonds is 12. The summed E-state index contributed by atoms with van der Waals surface area (Å²) >= 11 is 0. The van der Waals surface area contributed by atoms with Crippen molar-refractivity contribution in [1.82, 2.24) is 9.88 Å². The molecule has 1 aromatic heterocycles. The second-order valence-corrected chi connectivity index (χ2v) is 9.98. The maximum Gasteiger partial charge on any atom is 0.325 e. The van der Waals surface area contributed by atoms with E-state index in [-0.39, 0.29) is 18.8 Å². The molecule has 8 heteroatoms. The summed E-state index contributed by atoms with van der Waals surface area (Å²) in [5.74, 6) is -0.388. The van der Waals surface area contributed by atoms with Gasteiger partial charge in [-0.05, 0) is 75.6 Å². The number of halogens is 1. The number of nitrogens with one attached hydrogen (secondary N) is 1. The van der Waals surface area contributed by atoms with Crippen LogP contribution in [0.25, 0.3) is 0 Å². The van der Waals surface area contributed by atoms with Crippen molar-refractivity contribution in [2.45, 2.75) is 77.2 Å². The quantitative estimate of drug-likeness (QED) is 0.408. The van der Waals surface area contributed by atoms with Crippen molar-refractivity contribution in [2.75, 3.05) is 31.6 Å². The third-order valence-corrected chi connectivity index (χ3v) is 6.92. The number of hydrogen-bond acceptors (Lipinski definition) is 6. The largest absolute Gasteiger partial charge is 0.480 e. The van der Waals surface area contributed by atoms with Gasteiger partial charge < -0.3 is 19.9 Å². The highest BCUT2D eigenvalue weighted by atomic mass is 19.1. The minimum atomic E-state index is -0.987. The molecule has 1 aromatic carbocycles. The molecule has 2 aliphatic rings. The van der Waals surface area contributed by atoms with Crippen LogP contribution >= 0.6 is 0 Å². The lowest BCUT2D eigenvalue weighted by atomic mass is 9.99. The van der Waals surface area contributed by atoms with Crippen molar-refractivity contribution < 1.29 is 23.8 Å². The summed E-state index contributed by atoms with van der Waals surface area (Å²) in [6.45, 7) is 6.52. The average Bonchev–Trinajstić information content (AvgIpc) is 3.31. The first-order valence-electron chi connectivity index (χ1n) is 13.1. The Kier molecular flexibility index (Phi) is 9.29. The van der Waals surface area contributed by atoms with Gasteiger partial charge >= 0.3 is 5.97 Å². The van der Waals surface area contributed by atoms with Gasteiger partial charge in [0, 0.05) is 37.5 Å². The van der Waals surface area contributed by atoms with E-state index in [1.54, 1.807) is 12.1 Å². The van der Waals surface area contributed by atoms with Gasteiger partial charge in [0.05, 0.1) is 18.8 Å². The summed E-state index contributed by atoms with van der Waals surface area (Å²) in [6.07, 6.45) is 5.73. The van der Waals surface area contributed by atoms with Crippen molar-refractivity contribution in [3.8, 4) is 0 Å². The molecule has 0 amide bonds. The van der Waals surface area contributed by atoms with E-state index in [0.717, 1.165) is 56.6 Å². The topological polar surface area (TPSA) is 83.9 Å². The summed E-state index contributed by atoms with van der Waals surface area (Å²) in [5, 5.41) is 13.4. The van der Waals surface area contributed by atoms with E-state index in [9.17, 15) is 14.3 Å². The molecule has 2 aromatic rings. The van der Waals surface area contributed by atoms with E-state index in [1.807, 2.05) is 18.7 Å². The van der Waals surface area contributed by atoms with Gasteiger partial charge in [-0.3, -0.25) is 9.69 Å². The van der Waals surface area contributed by atoms with Gasteiger partial charge in [0.1, 0.15) is 17.7 Å². The molecule has 1 fully saturated rings. The smallest absolute Gasteiger partial charge is 0.325 e. The number of ether oxygens (including phenoxy) is 2. The molecule has 4 rings (SSSR count). The van der Waals surface area contributed by atoms with Crippen LogP contribution in [-0.2, 0) is 33.7 Å².